The Morgan fingerprint density at radius 1 is 0.730 bits per heavy atom. The molecule has 0 saturated carbocycles. The van der Waals surface area contributed by atoms with E-state index in [-0.39, 0.29) is 43.5 Å². The number of carbonyl (C=O) groups is 3. The molecule has 0 radical (unpaired) electrons. The molecule has 0 amide bonds. The van der Waals surface area contributed by atoms with Crippen molar-refractivity contribution in [3.63, 3.8) is 0 Å². The van der Waals surface area contributed by atoms with Crippen LogP contribution in [0.25, 0.3) is 0 Å². The van der Waals surface area contributed by atoms with Crippen molar-refractivity contribution in [3.8, 4) is 0 Å². The van der Waals surface area contributed by atoms with Gasteiger partial charge in [-0.15, -0.1) is 0 Å². The van der Waals surface area contributed by atoms with Crippen LogP contribution in [0.5, 0.6) is 0 Å². The Bertz CT molecular complexity index is 2820. The second-order valence-electron chi connectivity index (χ2n) is 27.3. The van der Waals surface area contributed by atoms with Crippen molar-refractivity contribution in [2.24, 2.45) is 17.8 Å². The fourth-order valence-electron chi connectivity index (χ4n) is 9.53. The monoisotopic (exact) mass is 1450 g/mol. The minimum atomic E-state index is -1.50. The summed E-state index contributed by atoms with van der Waals surface area (Å²) in [5.41, 5.74) is 7.96. The molecule has 3 unspecified atom stereocenters. The van der Waals surface area contributed by atoms with E-state index in [2.05, 4.69) is 121 Å². The molecule has 0 aliphatic carbocycles. The van der Waals surface area contributed by atoms with Gasteiger partial charge in [0.15, 0.2) is 5.79 Å². The predicted octanol–water partition coefficient (Wildman–Crippen LogP) is 18.5. The van der Waals surface area contributed by atoms with E-state index in [0.29, 0.717) is 55.4 Å². The average molecular weight is 1450 g/mol. The van der Waals surface area contributed by atoms with E-state index in [4.69, 9.17) is 33.9 Å². The molecule has 4 aromatic carbocycles. The van der Waals surface area contributed by atoms with Gasteiger partial charge in [0, 0.05) is 14.0 Å². The van der Waals surface area contributed by atoms with Gasteiger partial charge in [0.1, 0.15) is 0 Å². The molecule has 4 aromatic rings. The average Bonchev–Trinajstić information content (AvgIpc) is 1.84. The van der Waals surface area contributed by atoms with Gasteiger partial charge >= 0.3 is 312 Å². The summed E-state index contributed by atoms with van der Waals surface area (Å²) in [6.07, 6.45) is 7.10. The number of carbonyl (C=O) groups excluding carboxylic acids is 3. The van der Waals surface area contributed by atoms with Gasteiger partial charge in [0.05, 0.1) is 18.0 Å². The Morgan fingerprint density at radius 2 is 1.25 bits per heavy atom. The number of allylic oxidation sites excluding steroid dienone is 3. The molecule has 89 heavy (non-hydrogen) atoms. The van der Waals surface area contributed by atoms with Crippen LogP contribution in [-0.4, -0.2) is 107 Å². The first-order valence-electron chi connectivity index (χ1n) is 32.0. The van der Waals surface area contributed by atoms with Crippen LogP contribution in [0.3, 0.4) is 0 Å². The SMILES string of the molecule is CC(C)(O)O.CC(CCCCI)/C(F)=C\[C@@H](C)C(C)C.CCC/C=C(/F)C(OC(=O)c1ccccc1)[C@H]1OC(C)(C)O[C@H]1CCC([Se]c1ccccc1)c1cc(C)cc(C)c1C(=O)OCC[Si](C)(C)C.CCc1cc(C)cc(C)c1C(=O)OCC[Si](C)(C)C. The third kappa shape index (κ3) is 32.5. The number of hydrogen-bond donors (Lipinski definition) is 2. The summed E-state index contributed by atoms with van der Waals surface area (Å²) in [5.74, 6) is -3.08. The van der Waals surface area contributed by atoms with Crippen LogP contribution in [0.15, 0.2) is 109 Å². The number of unbranched alkanes of at least 4 members (excludes halogenated alkanes) is 2. The van der Waals surface area contributed by atoms with Crippen LogP contribution in [0.4, 0.5) is 8.78 Å². The van der Waals surface area contributed by atoms with E-state index in [1.165, 1.54) is 40.8 Å². The summed E-state index contributed by atoms with van der Waals surface area (Å²) in [6.45, 7) is 41.3. The number of alkyl halides is 1. The Morgan fingerprint density at radius 3 is 1.75 bits per heavy atom. The van der Waals surface area contributed by atoms with E-state index in [9.17, 15) is 18.8 Å². The Hall–Kier alpha value is -3.85. The van der Waals surface area contributed by atoms with Gasteiger partial charge in [-0.25, -0.2) is 9.18 Å². The summed E-state index contributed by atoms with van der Waals surface area (Å²) < 4.78 is 62.1. The summed E-state index contributed by atoms with van der Waals surface area (Å²) in [4.78, 5) is 39.2. The molecule has 1 aliphatic heterocycles. The zero-order valence-corrected chi connectivity index (χ0v) is 63.5. The standard InChI is InChI=1S/C41H53FO6SeSi.C16H26O2Si.C13H24FI.C3H8O2/c1-9-10-21-33(42)37(46-39(43)30-17-13-11-14-18-30)38-34(47-41(4,5)48-38)22-23-35(49-31-19-15-12-16-20-31)32-27-28(2)26-29(3)36(32)40(44)45-24-25-50(6,7)8;1-7-14-11-12(2)10-13(3)15(14)16(17)18-8-9-19(4,5)6;1-10(2)12(4)9-13(14)11(3)7-5-6-8-15;1-3(2,4)5/h11-21,26-27,34-35,37-38H,9-10,22-25H2,1-8H3;10-11H,7-9H2,1-6H3;9-12H,5-8H2,1-4H3;4-5H,1-2H3/b33-21+;;13-9+;/t34-,35?,37?,38-;;11?,12-;/m0.1./s1. The van der Waals surface area contributed by atoms with Crippen LogP contribution in [0.2, 0.25) is 51.4 Å². The fraction of sp³-hybridized carbons (Fsp3) is 0.575. The zero-order chi connectivity index (χ0) is 67.5. The Labute approximate surface area is 557 Å². The van der Waals surface area contributed by atoms with E-state index in [1.54, 1.807) is 44.2 Å². The molecule has 2 N–H and O–H groups in total. The van der Waals surface area contributed by atoms with Gasteiger partial charge in [-0.05, 0) is 86.5 Å². The molecule has 1 saturated heterocycles. The van der Waals surface area contributed by atoms with Crippen molar-refractivity contribution in [2.45, 2.75) is 234 Å². The topological polar surface area (TPSA) is 138 Å². The van der Waals surface area contributed by atoms with Gasteiger partial charge < -0.3 is 14.9 Å². The summed E-state index contributed by atoms with van der Waals surface area (Å²) in [5, 5.41) is 16.2. The van der Waals surface area contributed by atoms with Gasteiger partial charge in [-0.3, -0.25) is 0 Å². The summed E-state index contributed by atoms with van der Waals surface area (Å²) in [6, 6.07) is 29.1. The predicted molar refractivity (Wildman–Crippen MR) is 379 cm³/mol. The molecule has 1 heterocycles. The molecule has 0 bridgehead atoms. The number of aliphatic hydroxyl groups is 2. The fourth-order valence-corrected chi connectivity index (χ4v) is 14.0. The smallest absolute Gasteiger partial charge is 0.338 e. The van der Waals surface area contributed by atoms with E-state index >= 15 is 4.39 Å². The Kier molecular flexibility index (Phi) is 36.2. The third-order valence-electron chi connectivity index (χ3n) is 14.7. The van der Waals surface area contributed by atoms with Crippen LogP contribution in [-0.2, 0) is 30.1 Å². The minimum absolute atomic E-state index is 0.0261. The number of aryl methyl sites for hydroxylation is 5. The second kappa shape index (κ2) is 39.6. The molecule has 0 spiro atoms. The maximum Gasteiger partial charge on any atom is 0.338 e. The van der Waals surface area contributed by atoms with E-state index in [0.717, 1.165) is 71.2 Å². The normalized spacial score (nSPS) is 16.5. The number of hydrogen-bond acceptors (Lipinski definition) is 10. The molecule has 1 aliphatic rings. The van der Waals surface area contributed by atoms with Crippen molar-refractivity contribution in [1.82, 2.24) is 0 Å². The van der Waals surface area contributed by atoms with Gasteiger partial charge in [0.25, 0.3) is 0 Å². The number of esters is 3. The molecular weight excluding hydrogens is 1340 g/mol. The number of rotatable bonds is 28. The first kappa shape index (κ1) is 81.2. The molecule has 0 aromatic heterocycles. The molecule has 498 valence electrons. The quantitative estimate of drug-likeness (QED) is 0.0108. The van der Waals surface area contributed by atoms with Gasteiger partial charge in [-0.2, -0.15) is 0 Å². The van der Waals surface area contributed by atoms with Crippen molar-refractivity contribution in [2.75, 3.05) is 17.6 Å². The van der Waals surface area contributed by atoms with Crippen LogP contribution < -0.4 is 4.46 Å². The molecular formula is C73H111F2IO10SeSi2. The third-order valence-corrected chi connectivity index (χ3v) is 21.7. The number of ether oxygens (including phenoxy) is 5. The van der Waals surface area contributed by atoms with Crippen LogP contribution in [0, 0.1) is 45.4 Å². The van der Waals surface area contributed by atoms with Crippen LogP contribution in [0.1, 0.15) is 183 Å². The maximum atomic E-state index is 16.0. The largest absolute Gasteiger partial charge is 0.462 e. The summed E-state index contributed by atoms with van der Waals surface area (Å²) >= 11 is 2.31. The Balaban J connectivity index is 0.000000560. The molecule has 1 fully saturated rings. The van der Waals surface area contributed by atoms with E-state index in [1.807, 2.05) is 71.0 Å². The van der Waals surface area contributed by atoms with Crippen molar-refractivity contribution in [3.05, 3.63) is 159 Å². The van der Waals surface area contributed by atoms with Gasteiger partial charge in [-0.1, -0.05) is 101 Å². The van der Waals surface area contributed by atoms with Crippen molar-refractivity contribution >= 4 is 76.1 Å². The molecule has 10 nitrogen and oxygen atoms in total. The first-order valence-corrected chi connectivity index (χ1v) is 42.8. The second-order valence-corrected chi connectivity index (χ2v) is 42.3. The van der Waals surface area contributed by atoms with Gasteiger partial charge in [0.2, 0.25) is 0 Å². The van der Waals surface area contributed by atoms with Crippen molar-refractivity contribution < 1.29 is 57.1 Å². The van der Waals surface area contributed by atoms with Crippen molar-refractivity contribution in [1.29, 1.82) is 0 Å². The number of halogens is 3. The maximum absolute atomic E-state index is 16.0. The first-order chi connectivity index (χ1) is 41.4. The minimum Gasteiger partial charge on any atom is -0.462 e. The zero-order valence-electron chi connectivity index (χ0n) is 57.7. The summed E-state index contributed by atoms with van der Waals surface area (Å²) in [7, 11) is -2.54. The molecule has 16 heteroatoms. The molecule has 6 atom stereocenters. The number of benzene rings is 4. The van der Waals surface area contributed by atoms with Crippen LogP contribution >= 0.6 is 22.6 Å². The van der Waals surface area contributed by atoms with E-state index < -0.39 is 57.8 Å². The molecule has 5 rings (SSSR count).